The van der Waals surface area contributed by atoms with E-state index in [0.717, 1.165) is 55.0 Å². The molecule has 0 bridgehead atoms. The topological polar surface area (TPSA) is 13.1 Å². The van der Waals surface area contributed by atoms with E-state index in [1.165, 1.54) is 0 Å². The summed E-state index contributed by atoms with van der Waals surface area (Å²) in [5.41, 5.74) is 5.08. The fourth-order valence-electron chi connectivity index (χ4n) is 7.04. The lowest BCUT2D eigenvalue weighted by Crippen LogP contribution is -1.90. The molecule has 1 heteroatoms. The summed E-state index contributed by atoms with van der Waals surface area (Å²) in [4.78, 5) is 0. The van der Waals surface area contributed by atoms with Crippen molar-refractivity contribution < 1.29 is 22.2 Å². The maximum Gasteiger partial charge on any atom is 0.143 e. The quantitative estimate of drug-likeness (QED) is 0.175. The van der Waals surface area contributed by atoms with Gasteiger partial charge in [-0.3, -0.25) is 0 Å². The Hall–Kier alpha value is -6.44. The molecule has 0 aliphatic heterocycles. The number of benzene rings is 9. The van der Waals surface area contributed by atoms with E-state index in [9.17, 15) is 5.48 Å². The van der Waals surface area contributed by atoms with Gasteiger partial charge in [0.1, 0.15) is 11.2 Å². The van der Waals surface area contributed by atoms with Crippen molar-refractivity contribution in [1.29, 1.82) is 0 Å². The summed E-state index contributed by atoms with van der Waals surface area (Å²) in [6, 6.07) is 25.1. The van der Waals surface area contributed by atoms with Crippen molar-refractivity contribution in [2.75, 3.05) is 0 Å². The molecule has 0 saturated heterocycles. The molecule has 0 aliphatic rings. The van der Waals surface area contributed by atoms with E-state index in [2.05, 4.69) is 0 Å². The van der Waals surface area contributed by atoms with E-state index in [0.29, 0.717) is 5.56 Å². The molecular weight excluding hydrogens is 593 g/mol. The lowest BCUT2D eigenvalue weighted by Gasteiger charge is -2.18. The second-order valence-electron chi connectivity index (χ2n) is 11.9. The molecule has 1 nitrogen and oxygen atoms in total. The summed E-state index contributed by atoms with van der Waals surface area (Å²) < 4.78 is 121. The van der Waals surface area contributed by atoms with Gasteiger partial charge in [-0.15, -0.1) is 0 Å². The van der Waals surface area contributed by atoms with Gasteiger partial charge < -0.3 is 4.42 Å². The van der Waals surface area contributed by atoms with Gasteiger partial charge >= 0.3 is 0 Å². The maximum atomic E-state index is 9.27. The minimum absolute atomic E-state index is 0.0833. The van der Waals surface area contributed by atoms with Crippen LogP contribution >= 0.6 is 0 Å². The van der Waals surface area contributed by atoms with Gasteiger partial charge in [-0.25, -0.2) is 0 Å². The fraction of sp³-hybridized carbons (Fsp3) is 0. The van der Waals surface area contributed by atoms with Crippen molar-refractivity contribution in [1.82, 2.24) is 0 Å². The maximum absolute atomic E-state index is 9.27. The molecule has 0 fully saturated rings. The van der Waals surface area contributed by atoms with Crippen LogP contribution in [0.25, 0.3) is 98.8 Å². The molecule has 9 aromatic carbocycles. The first-order valence-electron chi connectivity index (χ1n) is 22.3. The van der Waals surface area contributed by atoms with Gasteiger partial charge in [0, 0.05) is 16.3 Å². The molecule has 0 radical (unpaired) electrons. The molecule has 228 valence electrons. The van der Waals surface area contributed by atoms with Gasteiger partial charge in [-0.2, -0.15) is 0 Å². The first-order chi connectivity index (χ1) is 29.7. The number of para-hydroxylation sites is 1. The predicted molar refractivity (Wildman–Crippen MR) is 208 cm³/mol. The Morgan fingerprint density at radius 1 is 0.388 bits per heavy atom. The van der Waals surface area contributed by atoms with E-state index in [-0.39, 0.29) is 32.7 Å². The molecular formula is C48H30O. The van der Waals surface area contributed by atoms with Gasteiger partial charge in [0.2, 0.25) is 0 Å². The molecule has 0 spiro atoms. The molecule has 0 atom stereocenters. The average Bonchev–Trinajstić information content (AvgIpc) is 3.68. The van der Waals surface area contributed by atoms with Crippen LogP contribution in [0.1, 0.15) is 17.8 Å². The van der Waals surface area contributed by atoms with Gasteiger partial charge in [-0.05, 0) is 89.5 Å². The Balaban J connectivity index is 1.26. The summed E-state index contributed by atoms with van der Waals surface area (Å²) in [6.45, 7) is 0. The predicted octanol–water partition coefficient (Wildman–Crippen LogP) is 13.7. The normalized spacial score (nSPS) is 15.4. The zero-order valence-corrected chi connectivity index (χ0v) is 25.7. The highest BCUT2D eigenvalue weighted by Gasteiger charge is 2.18. The number of hydrogen-bond donors (Lipinski definition) is 0. The molecule has 10 rings (SSSR count). The highest BCUT2D eigenvalue weighted by atomic mass is 16.3. The zero-order valence-electron chi connectivity index (χ0n) is 38.7. The third-order valence-corrected chi connectivity index (χ3v) is 9.17. The smallest absolute Gasteiger partial charge is 0.143 e. The minimum Gasteiger partial charge on any atom is -0.455 e. The monoisotopic (exact) mass is 635 g/mol. The summed E-state index contributed by atoms with van der Waals surface area (Å²) >= 11 is 0. The van der Waals surface area contributed by atoms with Crippen molar-refractivity contribution in [3.63, 3.8) is 0 Å². The van der Waals surface area contributed by atoms with Crippen LogP contribution in [0.15, 0.2) is 186 Å². The van der Waals surface area contributed by atoms with Gasteiger partial charge in [-0.1, -0.05) is 163 Å². The van der Waals surface area contributed by atoms with Crippen molar-refractivity contribution in [2.45, 2.75) is 0 Å². The van der Waals surface area contributed by atoms with Crippen LogP contribution in [0.4, 0.5) is 0 Å². The van der Waals surface area contributed by atoms with Crippen LogP contribution in [0.5, 0.6) is 0 Å². The first-order valence-corrected chi connectivity index (χ1v) is 15.8. The first kappa shape index (κ1) is 17.6. The standard InChI is InChI=1S/C48H30O/c1-3-13-31(14-4-1)38-22-11-23-43-47-37(21-12-24-44(47)49-48(38)43)35-27-25-34-30-36(28-26-33(34)29-35)46-41-19-9-7-17-39(41)45(32-15-5-2-6-16-32)40-18-8-10-20-42(40)46/h1-30H/i2D,5D,6D,7D,8D,9D,10D,15D,16D,17D,18D,19D,20D. The second kappa shape index (κ2) is 11.1. The summed E-state index contributed by atoms with van der Waals surface area (Å²) in [5.74, 6) is 0. The Kier molecular flexibility index (Phi) is 3.99. The van der Waals surface area contributed by atoms with E-state index in [4.69, 9.17) is 16.8 Å². The number of rotatable bonds is 4. The Labute approximate surface area is 302 Å². The largest absolute Gasteiger partial charge is 0.455 e. The Morgan fingerprint density at radius 3 is 1.65 bits per heavy atom. The highest BCUT2D eigenvalue weighted by Crippen LogP contribution is 2.45. The number of furan rings is 1. The van der Waals surface area contributed by atoms with Crippen molar-refractivity contribution in [3.8, 4) is 44.5 Å². The molecule has 0 unspecified atom stereocenters. The van der Waals surface area contributed by atoms with Crippen LogP contribution < -0.4 is 0 Å². The van der Waals surface area contributed by atoms with Gasteiger partial charge in [0.25, 0.3) is 0 Å². The molecule has 49 heavy (non-hydrogen) atoms. The number of hydrogen-bond acceptors (Lipinski definition) is 1. The van der Waals surface area contributed by atoms with Crippen molar-refractivity contribution >= 4 is 54.3 Å². The molecule has 0 amide bonds. The number of fused-ring (bicyclic) bond motifs is 6. The average molecular weight is 636 g/mol. The molecule has 0 saturated carbocycles. The molecule has 10 aromatic rings. The lowest BCUT2D eigenvalue weighted by molar-refractivity contribution is 0.670. The van der Waals surface area contributed by atoms with E-state index in [1.54, 1.807) is 12.1 Å². The third kappa shape index (κ3) is 4.40. The van der Waals surface area contributed by atoms with Crippen LogP contribution in [0.3, 0.4) is 0 Å². The summed E-state index contributed by atoms with van der Waals surface area (Å²) in [7, 11) is 0. The molecule has 1 aromatic heterocycles. The highest BCUT2D eigenvalue weighted by molar-refractivity contribution is 6.22. The zero-order chi connectivity index (χ0) is 43.6. The van der Waals surface area contributed by atoms with E-state index < -0.39 is 84.1 Å². The lowest BCUT2D eigenvalue weighted by atomic mass is 9.85. The van der Waals surface area contributed by atoms with E-state index >= 15 is 0 Å². The second-order valence-corrected chi connectivity index (χ2v) is 11.9. The molecule has 1 heterocycles. The van der Waals surface area contributed by atoms with Crippen LogP contribution in [0, 0.1) is 0 Å². The summed E-state index contributed by atoms with van der Waals surface area (Å²) in [6.07, 6.45) is 0. The van der Waals surface area contributed by atoms with Crippen LogP contribution in [-0.2, 0) is 0 Å². The SMILES string of the molecule is [2H]c1c([2H])c([2H])c(-c2c3c([2H])c([2H])c([2H])c([2H])c3c(-c3ccc4cc(-c5cccc6oc7c(-c8ccccc8)cccc7c56)ccc4c3)c3c([2H])c([2H])c([2H])c([2H])c23)c([2H])c1[2H]. The van der Waals surface area contributed by atoms with Crippen molar-refractivity contribution in [3.05, 3.63) is 182 Å². The molecule has 0 N–H and O–H groups in total. The Bertz CT molecular complexity index is 3510. The fourth-order valence-corrected chi connectivity index (χ4v) is 7.04. The van der Waals surface area contributed by atoms with E-state index in [1.807, 2.05) is 91.0 Å². The third-order valence-electron chi connectivity index (χ3n) is 9.17. The van der Waals surface area contributed by atoms with Gasteiger partial charge in [0.15, 0.2) is 0 Å². The van der Waals surface area contributed by atoms with Crippen LogP contribution in [-0.4, -0.2) is 0 Å². The summed E-state index contributed by atoms with van der Waals surface area (Å²) in [5, 5.41) is 2.72. The van der Waals surface area contributed by atoms with Gasteiger partial charge in [0.05, 0.1) is 17.8 Å². The minimum atomic E-state index is -0.712. The molecule has 0 aliphatic carbocycles. The van der Waals surface area contributed by atoms with Crippen LogP contribution in [0.2, 0.25) is 0 Å². The van der Waals surface area contributed by atoms with Crippen molar-refractivity contribution in [2.24, 2.45) is 0 Å². The Morgan fingerprint density at radius 2 is 0.959 bits per heavy atom.